The highest BCUT2D eigenvalue weighted by Gasteiger charge is 2.04. The normalized spacial score (nSPS) is 10.8. The molecule has 0 aliphatic carbocycles. The van der Waals surface area contributed by atoms with Gasteiger partial charge in [0, 0.05) is 12.2 Å². The van der Waals surface area contributed by atoms with Gasteiger partial charge in [0.25, 0.3) is 0 Å². The van der Waals surface area contributed by atoms with Crippen molar-refractivity contribution in [2.75, 3.05) is 31.9 Å². The highest BCUT2D eigenvalue weighted by Crippen LogP contribution is 2.05. The maximum absolute atomic E-state index is 11.8. The minimum Gasteiger partial charge on any atom is -0.399 e. The topological polar surface area (TPSA) is 58.4 Å². The highest BCUT2D eigenvalue weighted by molar-refractivity contribution is 5.78. The van der Waals surface area contributed by atoms with Crippen LogP contribution in [0.15, 0.2) is 24.3 Å². The summed E-state index contributed by atoms with van der Waals surface area (Å²) in [7, 11) is 0. The molecule has 0 bridgehead atoms. The molecule has 0 fully saturated rings. The summed E-state index contributed by atoms with van der Waals surface area (Å²) in [6.45, 7) is 8.51. The Morgan fingerprint density at radius 3 is 2.29 bits per heavy atom. The lowest BCUT2D eigenvalue weighted by atomic mass is 10.1. The van der Waals surface area contributed by atoms with Gasteiger partial charge in [-0.1, -0.05) is 26.0 Å². The van der Waals surface area contributed by atoms with E-state index in [4.69, 9.17) is 5.73 Å². The number of anilines is 1. The molecule has 1 aromatic rings. The van der Waals surface area contributed by atoms with Crippen LogP contribution in [0.25, 0.3) is 0 Å². The van der Waals surface area contributed by atoms with Crippen LogP contribution in [0.1, 0.15) is 38.7 Å². The Hall–Kier alpha value is -1.55. The Labute approximate surface area is 128 Å². The maximum Gasteiger partial charge on any atom is 0.224 e. The number of amides is 1. The molecule has 0 aliphatic rings. The van der Waals surface area contributed by atoms with Gasteiger partial charge in [-0.05, 0) is 56.6 Å². The SMILES string of the molecule is CCCN(CCC)CCCNC(=O)Cc1ccc(N)cc1. The summed E-state index contributed by atoms with van der Waals surface area (Å²) in [5, 5.41) is 2.99. The van der Waals surface area contributed by atoms with E-state index in [0.717, 1.165) is 43.9 Å². The number of hydrogen-bond acceptors (Lipinski definition) is 3. The van der Waals surface area contributed by atoms with Crippen LogP contribution in [-0.2, 0) is 11.2 Å². The summed E-state index contributed by atoms with van der Waals surface area (Å²) in [4.78, 5) is 14.3. The zero-order chi connectivity index (χ0) is 15.5. The minimum atomic E-state index is 0.0808. The Morgan fingerprint density at radius 1 is 1.10 bits per heavy atom. The average Bonchev–Trinajstić information content (AvgIpc) is 2.46. The molecule has 1 aromatic carbocycles. The number of nitrogens with two attached hydrogens (primary N) is 1. The fourth-order valence-corrected chi connectivity index (χ4v) is 2.38. The number of nitrogens with zero attached hydrogens (tertiary/aromatic N) is 1. The fraction of sp³-hybridized carbons (Fsp3) is 0.588. The molecule has 21 heavy (non-hydrogen) atoms. The second kappa shape index (κ2) is 10.2. The number of nitrogens with one attached hydrogen (secondary N) is 1. The molecule has 0 unspecified atom stereocenters. The van der Waals surface area contributed by atoms with Crippen LogP contribution >= 0.6 is 0 Å². The number of carbonyl (C=O) groups is 1. The van der Waals surface area contributed by atoms with E-state index in [1.54, 1.807) is 0 Å². The Balaban J connectivity index is 2.19. The molecule has 0 saturated carbocycles. The van der Waals surface area contributed by atoms with Crippen LogP contribution in [-0.4, -0.2) is 37.0 Å². The fourth-order valence-electron chi connectivity index (χ4n) is 2.38. The molecular weight excluding hydrogens is 262 g/mol. The van der Waals surface area contributed by atoms with E-state index in [9.17, 15) is 4.79 Å². The van der Waals surface area contributed by atoms with Gasteiger partial charge in [-0.25, -0.2) is 0 Å². The van der Waals surface area contributed by atoms with Crippen molar-refractivity contribution < 1.29 is 4.79 Å². The van der Waals surface area contributed by atoms with Gasteiger partial charge in [0.05, 0.1) is 6.42 Å². The van der Waals surface area contributed by atoms with Crippen LogP contribution < -0.4 is 11.1 Å². The summed E-state index contributed by atoms with van der Waals surface area (Å²) >= 11 is 0. The van der Waals surface area contributed by atoms with Gasteiger partial charge < -0.3 is 16.0 Å². The predicted molar refractivity (Wildman–Crippen MR) is 89.2 cm³/mol. The van der Waals surface area contributed by atoms with Crippen LogP contribution in [0.2, 0.25) is 0 Å². The van der Waals surface area contributed by atoms with E-state index >= 15 is 0 Å². The lowest BCUT2D eigenvalue weighted by molar-refractivity contribution is -0.120. The molecule has 0 spiro atoms. The third-order valence-electron chi connectivity index (χ3n) is 3.40. The molecule has 0 aliphatic heterocycles. The van der Waals surface area contributed by atoms with Crippen molar-refractivity contribution in [1.82, 2.24) is 10.2 Å². The van der Waals surface area contributed by atoms with E-state index < -0.39 is 0 Å². The lowest BCUT2D eigenvalue weighted by Gasteiger charge is -2.20. The van der Waals surface area contributed by atoms with Gasteiger partial charge in [0.15, 0.2) is 0 Å². The smallest absolute Gasteiger partial charge is 0.224 e. The zero-order valence-corrected chi connectivity index (χ0v) is 13.4. The van der Waals surface area contributed by atoms with Crippen LogP contribution in [0.5, 0.6) is 0 Å². The maximum atomic E-state index is 11.8. The molecule has 118 valence electrons. The first-order chi connectivity index (χ1) is 10.2. The standard InChI is InChI=1S/C17H29N3O/c1-3-11-20(12-4-2)13-5-10-19-17(21)14-15-6-8-16(18)9-7-15/h6-9H,3-5,10-14,18H2,1-2H3,(H,19,21). The molecule has 0 heterocycles. The van der Waals surface area contributed by atoms with E-state index in [1.807, 2.05) is 24.3 Å². The number of benzene rings is 1. The predicted octanol–water partition coefficient (Wildman–Crippen LogP) is 2.44. The minimum absolute atomic E-state index is 0.0808. The molecule has 1 rings (SSSR count). The molecule has 4 heteroatoms. The van der Waals surface area contributed by atoms with Crippen molar-refractivity contribution in [2.24, 2.45) is 0 Å². The molecule has 0 saturated heterocycles. The van der Waals surface area contributed by atoms with Crippen molar-refractivity contribution in [1.29, 1.82) is 0 Å². The van der Waals surface area contributed by atoms with Gasteiger partial charge in [-0.15, -0.1) is 0 Å². The first-order valence-corrected chi connectivity index (χ1v) is 7.99. The monoisotopic (exact) mass is 291 g/mol. The van der Waals surface area contributed by atoms with E-state index in [2.05, 4.69) is 24.1 Å². The summed E-state index contributed by atoms with van der Waals surface area (Å²) in [6.07, 6.45) is 3.80. The van der Waals surface area contributed by atoms with Crippen molar-refractivity contribution in [3.05, 3.63) is 29.8 Å². The van der Waals surface area contributed by atoms with Crippen LogP contribution in [0.4, 0.5) is 5.69 Å². The number of rotatable bonds is 10. The van der Waals surface area contributed by atoms with Gasteiger partial charge in [0.1, 0.15) is 0 Å². The molecule has 1 amide bonds. The molecule has 0 aromatic heterocycles. The Bertz CT molecular complexity index is 397. The summed E-state index contributed by atoms with van der Waals surface area (Å²) in [6, 6.07) is 7.46. The van der Waals surface area contributed by atoms with E-state index in [-0.39, 0.29) is 5.91 Å². The number of carbonyl (C=O) groups excluding carboxylic acids is 1. The Morgan fingerprint density at radius 2 is 1.71 bits per heavy atom. The first-order valence-electron chi connectivity index (χ1n) is 7.99. The summed E-state index contributed by atoms with van der Waals surface area (Å²) in [5.74, 6) is 0.0808. The molecule has 4 nitrogen and oxygen atoms in total. The lowest BCUT2D eigenvalue weighted by Crippen LogP contribution is -2.31. The number of nitrogen functional groups attached to an aromatic ring is 1. The van der Waals surface area contributed by atoms with Crippen molar-refractivity contribution in [3.8, 4) is 0 Å². The van der Waals surface area contributed by atoms with Crippen LogP contribution in [0, 0.1) is 0 Å². The third-order valence-corrected chi connectivity index (χ3v) is 3.40. The van der Waals surface area contributed by atoms with E-state index in [0.29, 0.717) is 6.42 Å². The third kappa shape index (κ3) is 7.71. The van der Waals surface area contributed by atoms with Crippen molar-refractivity contribution >= 4 is 11.6 Å². The highest BCUT2D eigenvalue weighted by atomic mass is 16.1. The van der Waals surface area contributed by atoms with Gasteiger partial charge in [-0.3, -0.25) is 4.79 Å². The molecular formula is C17H29N3O. The van der Waals surface area contributed by atoms with Gasteiger partial charge in [0.2, 0.25) is 5.91 Å². The van der Waals surface area contributed by atoms with Gasteiger partial charge >= 0.3 is 0 Å². The molecule has 0 atom stereocenters. The van der Waals surface area contributed by atoms with Gasteiger partial charge in [-0.2, -0.15) is 0 Å². The average molecular weight is 291 g/mol. The zero-order valence-electron chi connectivity index (χ0n) is 13.4. The summed E-state index contributed by atoms with van der Waals surface area (Å²) in [5.41, 5.74) is 7.36. The van der Waals surface area contributed by atoms with E-state index in [1.165, 1.54) is 12.8 Å². The Kier molecular flexibility index (Phi) is 8.51. The number of hydrogen-bond donors (Lipinski definition) is 2. The van der Waals surface area contributed by atoms with Crippen molar-refractivity contribution in [2.45, 2.75) is 39.5 Å². The first kappa shape index (κ1) is 17.5. The quantitative estimate of drug-likeness (QED) is 0.514. The van der Waals surface area contributed by atoms with Crippen molar-refractivity contribution in [3.63, 3.8) is 0 Å². The largest absolute Gasteiger partial charge is 0.399 e. The molecule has 0 radical (unpaired) electrons. The van der Waals surface area contributed by atoms with Crippen LogP contribution in [0.3, 0.4) is 0 Å². The molecule has 3 N–H and O–H groups in total. The summed E-state index contributed by atoms with van der Waals surface area (Å²) < 4.78 is 0. The second-order valence-corrected chi connectivity index (χ2v) is 5.46. The second-order valence-electron chi connectivity index (χ2n) is 5.46.